The summed E-state index contributed by atoms with van der Waals surface area (Å²) in [6.07, 6.45) is 2.01. The van der Waals surface area contributed by atoms with Crippen LogP contribution in [0.15, 0.2) is 24.3 Å². The second-order valence-corrected chi connectivity index (χ2v) is 8.21. The number of hydrogen-bond acceptors (Lipinski definition) is 6. The van der Waals surface area contributed by atoms with E-state index in [9.17, 15) is 15.8 Å². The Morgan fingerprint density at radius 2 is 1.96 bits per heavy atom. The Morgan fingerprint density at radius 3 is 2.57 bits per heavy atom. The minimum atomic E-state index is -1.85. The van der Waals surface area contributed by atoms with Crippen LogP contribution in [0.5, 0.6) is 0 Å². The highest BCUT2D eigenvalue weighted by Gasteiger charge is 2.80. The molecule has 6 nitrogen and oxygen atoms in total. The molecule has 2 saturated heterocycles. The third-order valence-electron chi connectivity index (χ3n) is 6.94. The maximum absolute atomic E-state index is 10.3. The number of nitriles is 3. The fourth-order valence-corrected chi connectivity index (χ4v) is 5.42. The lowest BCUT2D eigenvalue weighted by Gasteiger charge is -2.52. The number of aryl methyl sites for hydroxylation is 1. The molecule has 0 aromatic heterocycles. The Hall–Kier alpha value is -2.88. The summed E-state index contributed by atoms with van der Waals surface area (Å²) in [6, 6.07) is 13.9. The molecular weight excluding hydrogens is 352 g/mol. The maximum atomic E-state index is 10.3. The second kappa shape index (κ2) is 6.06. The van der Waals surface area contributed by atoms with Gasteiger partial charge in [0.2, 0.25) is 17.1 Å². The molecule has 4 rings (SSSR count). The van der Waals surface area contributed by atoms with Crippen molar-refractivity contribution in [3.63, 3.8) is 0 Å². The van der Waals surface area contributed by atoms with Crippen LogP contribution in [0.2, 0.25) is 0 Å². The standard InChI is InChI=1S/C22H22N4O2/c1-3-15-7-8-22-17(10-15)21(13-25,19(26)28-22)20(11-23,12-24)18(27-22)16-6-4-5-14(2)9-16/h4-6,9,15,17-18,26H,3,7-8,10H2,1-2H3. The molecule has 1 saturated carbocycles. The van der Waals surface area contributed by atoms with Crippen molar-refractivity contribution in [2.24, 2.45) is 22.7 Å². The molecule has 28 heavy (non-hydrogen) atoms. The number of nitrogens with one attached hydrogen (secondary N) is 1. The summed E-state index contributed by atoms with van der Waals surface area (Å²) >= 11 is 0. The van der Waals surface area contributed by atoms with Gasteiger partial charge in [0.05, 0.1) is 24.1 Å². The van der Waals surface area contributed by atoms with Crippen molar-refractivity contribution in [3.8, 4) is 18.2 Å². The topological polar surface area (TPSA) is 114 Å². The molecule has 3 aliphatic rings. The zero-order chi connectivity index (χ0) is 20.2. The third-order valence-corrected chi connectivity index (χ3v) is 6.94. The van der Waals surface area contributed by atoms with E-state index < -0.39 is 28.6 Å². The average molecular weight is 374 g/mol. The number of hydrogen-bond donors (Lipinski definition) is 1. The van der Waals surface area contributed by atoms with E-state index in [0.717, 1.165) is 18.4 Å². The van der Waals surface area contributed by atoms with E-state index in [0.29, 0.717) is 24.3 Å². The van der Waals surface area contributed by atoms with E-state index in [2.05, 4.69) is 25.1 Å². The fraction of sp³-hybridized carbons (Fsp3) is 0.545. The Bertz CT molecular complexity index is 954. The molecule has 0 spiro atoms. The molecule has 5 unspecified atom stereocenters. The number of rotatable bonds is 2. The van der Waals surface area contributed by atoms with Crippen LogP contribution in [-0.2, 0) is 9.47 Å². The summed E-state index contributed by atoms with van der Waals surface area (Å²) in [4.78, 5) is 0. The van der Waals surface area contributed by atoms with Crippen LogP contribution in [0, 0.1) is 69.0 Å². The summed E-state index contributed by atoms with van der Waals surface area (Å²) in [7, 11) is 0. The van der Waals surface area contributed by atoms with Crippen LogP contribution < -0.4 is 0 Å². The number of nitrogens with zero attached hydrogens (tertiary/aromatic N) is 3. The Morgan fingerprint density at radius 1 is 1.21 bits per heavy atom. The highest BCUT2D eigenvalue weighted by molar-refractivity contribution is 5.89. The van der Waals surface area contributed by atoms with Crippen molar-refractivity contribution in [1.29, 1.82) is 21.2 Å². The highest BCUT2D eigenvalue weighted by atomic mass is 16.7. The molecule has 5 atom stereocenters. The highest BCUT2D eigenvalue weighted by Crippen LogP contribution is 2.70. The molecular formula is C22H22N4O2. The van der Waals surface area contributed by atoms with Crippen LogP contribution in [0.3, 0.4) is 0 Å². The third kappa shape index (κ3) is 2.00. The van der Waals surface area contributed by atoms with Crippen LogP contribution in [-0.4, -0.2) is 11.7 Å². The first-order valence-electron chi connectivity index (χ1n) is 9.69. The van der Waals surface area contributed by atoms with Crippen molar-refractivity contribution >= 4 is 5.90 Å². The fourth-order valence-electron chi connectivity index (χ4n) is 5.42. The van der Waals surface area contributed by atoms with Crippen molar-refractivity contribution in [3.05, 3.63) is 35.4 Å². The molecule has 2 heterocycles. The van der Waals surface area contributed by atoms with Gasteiger partial charge in [0.1, 0.15) is 6.10 Å². The molecule has 2 aliphatic heterocycles. The van der Waals surface area contributed by atoms with E-state index >= 15 is 0 Å². The number of ether oxygens (including phenoxy) is 2. The molecule has 0 amide bonds. The lowest BCUT2D eigenvalue weighted by atomic mass is 9.50. The van der Waals surface area contributed by atoms with Gasteiger partial charge < -0.3 is 9.47 Å². The van der Waals surface area contributed by atoms with Crippen molar-refractivity contribution in [1.82, 2.24) is 0 Å². The first kappa shape index (κ1) is 18.5. The quantitative estimate of drug-likeness (QED) is 0.835. The van der Waals surface area contributed by atoms with E-state index in [1.165, 1.54) is 0 Å². The van der Waals surface area contributed by atoms with Gasteiger partial charge in [-0.25, -0.2) is 0 Å². The van der Waals surface area contributed by atoms with Crippen molar-refractivity contribution in [2.45, 2.75) is 51.4 Å². The smallest absolute Gasteiger partial charge is 0.217 e. The summed E-state index contributed by atoms with van der Waals surface area (Å²) in [5.74, 6) is -1.56. The molecule has 0 radical (unpaired) electrons. The number of benzene rings is 1. The summed E-state index contributed by atoms with van der Waals surface area (Å²) < 4.78 is 12.4. The predicted octanol–water partition coefficient (Wildman–Crippen LogP) is 4.14. The normalized spacial score (nSPS) is 37.7. The first-order valence-corrected chi connectivity index (χ1v) is 9.69. The molecule has 1 aromatic carbocycles. The van der Waals surface area contributed by atoms with E-state index in [1.807, 2.05) is 31.2 Å². The van der Waals surface area contributed by atoms with Crippen LogP contribution in [0.1, 0.15) is 49.8 Å². The van der Waals surface area contributed by atoms with Gasteiger partial charge in [-0.2, -0.15) is 15.8 Å². The van der Waals surface area contributed by atoms with E-state index in [1.54, 1.807) is 0 Å². The van der Waals surface area contributed by atoms with Gasteiger partial charge in [-0.1, -0.05) is 43.2 Å². The second-order valence-electron chi connectivity index (χ2n) is 8.21. The molecule has 1 N–H and O–H groups in total. The summed E-state index contributed by atoms with van der Waals surface area (Å²) in [5, 5.41) is 39.4. The van der Waals surface area contributed by atoms with Gasteiger partial charge in [-0.3, -0.25) is 5.41 Å². The van der Waals surface area contributed by atoms with E-state index in [-0.39, 0.29) is 5.90 Å². The Kier molecular flexibility index (Phi) is 4.00. The van der Waals surface area contributed by atoms with Crippen LogP contribution in [0.25, 0.3) is 0 Å². The molecule has 1 aliphatic carbocycles. The monoisotopic (exact) mass is 374 g/mol. The van der Waals surface area contributed by atoms with Gasteiger partial charge in [0.15, 0.2) is 5.41 Å². The minimum Gasteiger partial charge on any atom is -0.447 e. The molecule has 6 heteroatoms. The Labute approximate surface area is 164 Å². The Balaban J connectivity index is 1.97. The molecule has 3 fully saturated rings. The van der Waals surface area contributed by atoms with E-state index in [4.69, 9.17) is 14.9 Å². The van der Waals surface area contributed by atoms with Gasteiger partial charge in [0.25, 0.3) is 0 Å². The zero-order valence-electron chi connectivity index (χ0n) is 16.0. The molecule has 142 valence electrons. The van der Waals surface area contributed by atoms with Crippen molar-refractivity contribution in [2.75, 3.05) is 0 Å². The van der Waals surface area contributed by atoms with Gasteiger partial charge in [-0.15, -0.1) is 0 Å². The van der Waals surface area contributed by atoms with Gasteiger partial charge >= 0.3 is 0 Å². The predicted molar refractivity (Wildman–Crippen MR) is 99.4 cm³/mol. The lowest BCUT2D eigenvalue weighted by Crippen LogP contribution is -2.61. The summed E-state index contributed by atoms with van der Waals surface area (Å²) in [5.41, 5.74) is -1.87. The largest absolute Gasteiger partial charge is 0.447 e. The molecule has 2 bridgehead atoms. The zero-order valence-corrected chi connectivity index (χ0v) is 16.0. The van der Waals surface area contributed by atoms with Crippen LogP contribution >= 0.6 is 0 Å². The first-order chi connectivity index (χ1) is 13.4. The lowest BCUT2D eigenvalue weighted by molar-refractivity contribution is -0.299. The van der Waals surface area contributed by atoms with Crippen LogP contribution in [0.4, 0.5) is 0 Å². The summed E-state index contributed by atoms with van der Waals surface area (Å²) in [6.45, 7) is 4.02. The SMILES string of the molecule is CCC1CCC23OC(=N)C(C#N)(C2C1)C(C#N)(C#N)C(c1cccc(C)c1)O3. The molecule has 1 aromatic rings. The van der Waals surface area contributed by atoms with Gasteiger partial charge in [0, 0.05) is 6.42 Å². The maximum Gasteiger partial charge on any atom is 0.217 e. The van der Waals surface area contributed by atoms with Gasteiger partial charge in [-0.05, 0) is 31.2 Å². The average Bonchev–Trinajstić information content (AvgIpc) is 2.91. The van der Waals surface area contributed by atoms with Crippen molar-refractivity contribution < 1.29 is 9.47 Å². The minimum absolute atomic E-state index is 0.296.